The number of para-hydroxylation sites is 1. The number of amides is 1. The number of hydrogen-bond donors (Lipinski definition) is 1. The zero-order valence-electron chi connectivity index (χ0n) is 12.7. The van der Waals surface area contributed by atoms with Gasteiger partial charge in [0.1, 0.15) is 11.3 Å². The molecule has 0 spiro atoms. The molecule has 5 nitrogen and oxygen atoms in total. The lowest BCUT2D eigenvalue weighted by molar-refractivity contribution is -0.126. The highest BCUT2D eigenvalue weighted by molar-refractivity contribution is 6.31. The maximum atomic E-state index is 12.3. The lowest BCUT2D eigenvalue weighted by Crippen LogP contribution is -2.37. The largest absolute Gasteiger partial charge is 0.507 e. The first kappa shape index (κ1) is 16.8. The van der Waals surface area contributed by atoms with Crippen LogP contribution in [0.25, 0.3) is 0 Å². The highest BCUT2D eigenvalue weighted by Gasteiger charge is 2.24. The van der Waals surface area contributed by atoms with Gasteiger partial charge in [-0.05, 0) is 37.3 Å². The number of aromatic hydroxyl groups is 1. The second-order valence-corrected chi connectivity index (χ2v) is 5.38. The molecule has 6 heteroatoms. The molecule has 1 amide bonds. The molecule has 120 valence electrons. The average molecular weight is 334 g/mol. The highest BCUT2D eigenvalue weighted by atomic mass is 35.5. The Morgan fingerprint density at radius 3 is 2.48 bits per heavy atom. The molecule has 2 aromatic carbocycles. The van der Waals surface area contributed by atoms with Crippen molar-refractivity contribution in [3.8, 4) is 5.75 Å². The quantitative estimate of drug-likeness (QED) is 0.872. The van der Waals surface area contributed by atoms with Crippen molar-refractivity contribution >= 4 is 29.2 Å². The van der Waals surface area contributed by atoms with Crippen LogP contribution in [0.5, 0.6) is 5.75 Å². The topological polar surface area (TPSA) is 66.8 Å². The summed E-state index contributed by atoms with van der Waals surface area (Å²) in [7, 11) is 1.60. The summed E-state index contributed by atoms with van der Waals surface area (Å²) >= 11 is 5.80. The summed E-state index contributed by atoms with van der Waals surface area (Å²) in [5, 5.41) is 9.98. The molecule has 0 unspecified atom stereocenters. The minimum atomic E-state index is -1.01. The maximum Gasteiger partial charge on any atom is 0.342 e. The summed E-state index contributed by atoms with van der Waals surface area (Å²) in [5.41, 5.74) is 0.602. The van der Waals surface area contributed by atoms with E-state index in [2.05, 4.69) is 0 Å². The van der Waals surface area contributed by atoms with Gasteiger partial charge in [-0.25, -0.2) is 4.79 Å². The van der Waals surface area contributed by atoms with Gasteiger partial charge in [0.15, 0.2) is 6.10 Å². The number of phenols is 1. The van der Waals surface area contributed by atoms with E-state index in [0.29, 0.717) is 5.69 Å². The van der Waals surface area contributed by atoms with Crippen LogP contribution >= 0.6 is 11.6 Å². The van der Waals surface area contributed by atoms with E-state index in [9.17, 15) is 14.7 Å². The number of rotatable bonds is 4. The van der Waals surface area contributed by atoms with Crippen molar-refractivity contribution in [3.63, 3.8) is 0 Å². The van der Waals surface area contributed by atoms with Gasteiger partial charge in [0.2, 0.25) is 0 Å². The summed E-state index contributed by atoms with van der Waals surface area (Å²) in [6.07, 6.45) is -1.01. The summed E-state index contributed by atoms with van der Waals surface area (Å²) in [6.45, 7) is 1.47. The third-order valence-electron chi connectivity index (χ3n) is 3.28. The summed E-state index contributed by atoms with van der Waals surface area (Å²) < 4.78 is 5.13. The Morgan fingerprint density at radius 2 is 1.83 bits per heavy atom. The number of carbonyl (C=O) groups excluding carboxylic acids is 2. The number of nitrogens with zero attached hydrogens (tertiary/aromatic N) is 1. The highest BCUT2D eigenvalue weighted by Crippen LogP contribution is 2.23. The van der Waals surface area contributed by atoms with Crippen molar-refractivity contribution in [1.29, 1.82) is 0 Å². The van der Waals surface area contributed by atoms with E-state index in [4.69, 9.17) is 16.3 Å². The minimum Gasteiger partial charge on any atom is -0.507 e. The Morgan fingerprint density at radius 1 is 1.17 bits per heavy atom. The van der Waals surface area contributed by atoms with Crippen LogP contribution in [0.15, 0.2) is 48.5 Å². The molecule has 0 bridgehead atoms. The van der Waals surface area contributed by atoms with E-state index < -0.39 is 12.1 Å². The SMILES string of the molecule is C[C@H](OC(=O)c1cc(Cl)ccc1O)C(=O)N(C)c1ccccc1. The van der Waals surface area contributed by atoms with Crippen LogP contribution in [0.3, 0.4) is 0 Å². The molecule has 0 saturated heterocycles. The van der Waals surface area contributed by atoms with Crippen LogP contribution in [0.4, 0.5) is 5.69 Å². The van der Waals surface area contributed by atoms with Crippen LogP contribution in [0, 0.1) is 0 Å². The van der Waals surface area contributed by atoms with Gasteiger partial charge >= 0.3 is 5.97 Å². The van der Waals surface area contributed by atoms with Gasteiger partial charge in [-0.15, -0.1) is 0 Å². The fraction of sp³-hybridized carbons (Fsp3) is 0.176. The number of phenolic OH excluding ortho intramolecular Hbond substituents is 1. The first-order valence-electron chi connectivity index (χ1n) is 6.92. The third-order valence-corrected chi connectivity index (χ3v) is 3.52. The van der Waals surface area contributed by atoms with E-state index in [1.165, 1.54) is 30.0 Å². The van der Waals surface area contributed by atoms with Crippen molar-refractivity contribution < 1.29 is 19.4 Å². The summed E-state index contributed by atoms with van der Waals surface area (Å²) in [4.78, 5) is 25.8. The van der Waals surface area contributed by atoms with Gasteiger partial charge < -0.3 is 14.7 Å². The zero-order valence-corrected chi connectivity index (χ0v) is 13.4. The molecular weight excluding hydrogens is 318 g/mol. The molecule has 0 aromatic heterocycles. The van der Waals surface area contributed by atoms with Crippen molar-refractivity contribution in [2.75, 3.05) is 11.9 Å². The van der Waals surface area contributed by atoms with Gasteiger partial charge in [0.25, 0.3) is 5.91 Å². The second kappa shape index (κ2) is 7.15. The van der Waals surface area contributed by atoms with Gasteiger partial charge in [0, 0.05) is 17.8 Å². The molecule has 2 rings (SSSR count). The average Bonchev–Trinajstić information content (AvgIpc) is 2.56. The lowest BCUT2D eigenvalue weighted by Gasteiger charge is -2.21. The number of hydrogen-bond acceptors (Lipinski definition) is 4. The van der Waals surface area contributed by atoms with Crippen LogP contribution in [0.1, 0.15) is 17.3 Å². The van der Waals surface area contributed by atoms with Gasteiger partial charge in [-0.2, -0.15) is 0 Å². The molecule has 23 heavy (non-hydrogen) atoms. The molecule has 0 aliphatic heterocycles. The molecule has 0 saturated carbocycles. The minimum absolute atomic E-state index is 0.0838. The van der Waals surface area contributed by atoms with Crippen molar-refractivity contribution in [3.05, 3.63) is 59.1 Å². The first-order chi connectivity index (χ1) is 10.9. The number of carbonyl (C=O) groups is 2. The van der Waals surface area contributed by atoms with Crippen molar-refractivity contribution in [2.45, 2.75) is 13.0 Å². The number of ether oxygens (including phenoxy) is 1. The molecule has 0 radical (unpaired) electrons. The Kier molecular flexibility index (Phi) is 5.24. The van der Waals surface area contributed by atoms with Crippen LogP contribution in [-0.4, -0.2) is 30.1 Å². The number of likely N-dealkylation sites (N-methyl/N-ethyl adjacent to an activating group) is 1. The Bertz CT molecular complexity index is 718. The Hall–Kier alpha value is -2.53. The van der Waals surface area contributed by atoms with Crippen molar-refractivity contribution in [1.82, 2.24) is 0 Å². The fourth-order valence-corrected chi connectivity index (χ4v) is 2.17. The van der Waals surface area contributed by atoms with Gasteiger partial charge in [-0.3, -0.25) is 4.79 Å². The van der Waals surface area contributed by atoms with Crippen molar-refractivity contribution in [2.24, 2.45) is 0 Å². The zero-order chi connectivity index (χ0) is 17.0. The Labute approximate surface area is 139 Å². The first-order valence-corrected chi connectivity index (χ1v) is 7.30. The summed E-state index contributed by atoms with van der Waals surface area (Å²) in [6, 6.07) is 13.0. The monoisotopic (exact) mass is 333 g/mol. The van der Waals surface area contributed by atoms with Crippen LogP contribution < -0.4 is 4.90 Å². The van der Waals surface area contributed by atoms with Gasteiger partial charge in [0.05, 0.1) is 0 Å². The molecular formula is C17H16ClNO4. The molecule has 2 aromatic rings. The van der Waals surface area contributed by atoms with E-state index in [-0.39, 0.29) is 22.2 Å². The smallest absolute Gasteiger partial charge is 0.342 e. The fourth-order valence-electron chi connectivity index (χ4n) is 2.00. The normalized spacial score (nSPS) is 11.6. The predicted octanol–water partition coefficient (Wildman–Crippen LogP) is 3.25. The molecule has 0 aliphatic rings. The van der Waals surface area contributed by atoms with Crippen LogP contribution in [0.2, 0.25) is 5.02 Å². The van der Waals surface area contributed by atoms with Gasteiger partial charge in [-0.1, -0.05) is 29.8 Å². The lowest BCUT2D eigenvalue weighted by atomic mass is 10.2. The molecule has 0 heterocycles. The van der Waals surface area contributed by atoms with E-state index in [1.54, 1.807) is 31.3 Å². The molecule has 0 fully saturated rings. The number of benzene rings is 2. The number of anilines is 1. The van der Waals surface area contributed by atoms with E-state index >= 15 is 0 Å². The molecule has 0 aliphatic carbocycles. The predicted molar refractivity (Wildman–Crippen MR) is 87.8 cm³/mol. The van der Waals surface area contributed by atoms with Crippen LogP contribution in [-0.2, 0) is 9.53 Å². The van der Waals surface area contributed by atoms with E-state index in [0.717, 1.165) is 0 Å². The summed E-state index contributed by atoms with van der Waals surface area (Å²) in [5.74, 6) is -1.45. The standard InChI is InChI=1S/C17H16ClNO4/c1-11(16(21)19(2)13-6-4-3-5-7-13)23-17(22)14-10-12(18)8-9-15(14)20/h3-11,20H,1-2H3/t11-/m0/s1. The molecule has 1 N–H and O–H groups in total. The van der Waals surface area contributed by atoms with E-state index in [1.807, 2.05) is 6.07 Å². The number of halogens is 1. The maximum absolute atomic E-state index is 12.3. The molecule has 1 atom stereocenters. The second-order valence-electron chi connectivity index (χ2n) is 4.94. The number of esters is 1. The third kappa shape index (κ3) is 4.02. The Balaban J connectivity index is 2.09.